The van der Waals surface area contributed by atoms with E-state index in [0.29, 0.717) is 96.7 Å². The molecular formula is C43H78N6O16. The maximum absolute atomic E-state index is 13.2. The molecule has 376 valence electrons. The predicted octanol–water partition coefficient (Wildman–Crippen LogP) is -2.00. The quantitative estimate of drug-likeness (QED) is 0.0317. The van der Waals surface area contributed by atoms with Crippen LogP contribution in [0.1, 0.15) is 124 Å². The van der Waals surface area contributed by atoms with Gasteiger partial charge in [-0.25, -0.2) is 0 Å². The Morgan fingerprint density at radius 2 is 0.969 bits per heavy atom. The van der Waals surface area contributed by atoms with E-state index in [2.05, 4.69) is 31.9 Å². The van der Waals surface area contributed by atoms with E-state index in [1.165, 1.54) is 13.8 Å². The van der Waals surface area contributed by atoms with Gasteiger partial charge in [0.2, 0.25) is 35.4 Å². The largest absolute Gasteiger partial charge is 0.394 e. The first-order chi connectivity index (χ1) is 31.1. The fraction of sp³-hybridized carbons (Fsp3) is 0.860. The van der Waals surface area contributed by atoms with Crippen LogP contribution in [0.3, 0.4) is 0 Å². The van der Waals surface area contributed by atoms with Gasteiger partial charge in [-0.3, -0.25) is 28.8 Å². The average Bonchev–Trinajstić information content (AvgIpc) is 3.27. The number of nitrogens with one attached hydrogen (secondary N) is 6. The van der Waals surface area contributed by atoms with Gasteiger partial charge in [-0.05, 0) is 64.2 Å². The number of carbonyl (C=O) groups is 6. The third-order valence-corrected chi connectivity index (χ3v) is 11.0. The summed E-state index contributed by atoms with van der Waals surface area (Å²) in [6, 6.07) is -2.87. The molecular weight excluding hydrogens is 856 g/mol. The number of aliphatic hydroxyl groups is 6. The molecule has 2 rings (SSSR count). The van der Waals surface area contributed by atoms with Crippen LogP contribution >= 0.6 is 0 Å². The SMILES string of the molecule is CCCNC(=O)CCCCCNC(=O)[C@H](CCCCNC(=O)CCCCCOC1OC(CO)C(O)C(O)C1NC(C)=O)NC(=O)CCCCCOC1OC(CO)C(O)C(O)C1NC(C)=O. The lowest BCUT2D eigenvalue weighted by atomic mass is 9.97. The summed E-state index contributed by atoms with van der Waals surface area (Å²) < 4.78 is 22.6. The van der Waals surface area contributed by atoms with Crippen molar-refractivity contribution in [3.05, 3.63) is 0 Å². The van der Waals surface area contributed by atoms with E-state index < -0.39 is 92.4 Å². The number of hydrogen-bond donors (Lipinski definition) is 12. The standard InChI is InChI=1S/C43H78N6O16/c1-4-20-44-32(54)17-8-5-12-22-46-41(61)29(49-34(56)19-10-7-15-24-63-43-36(48-28(3)53)40(60)38(58)31(26-51)65-43)16-11-13-21-45-33(55)18-9-6-14-23-62-42-35(47-27(2)52)39(59)37(57)30(25-50)64-42/h29-31,35-40,42-43,50-51,57-60H,4-26H2,1-3H3,(H,44,54)(H,45,55)(H,46,61)(H,47,52)(H,48,53)(H,49,56)/t29-,30?,31?,35?,36?,37?,38?,39?,40?,42?,43?/m0/s1. The van der Waals surface area contributed by atoms with Crippen LogP contribution in [-0.2, 0) is 47.7 Å². The number of unbranched alkanes of at least 4 members (excludes halogenated alkanes) is 7. The Labute approximate surface area is 382 Å². The number of ether oxygens (including phenoxy) is 4. The van der Waals surface area contributed by atoms with Gasteiger partial charge in [0.15, 0.2) is 12.6 Å². The van der Waals surface area contributed by atoms with Gasteiger partial charge in [0.25, 0.3) is 0 Å². The van der Waals surface area contributed by atoms with Gasteiger partial charge in [0.05, 0.1) is 13.2 Å². The number of aliphatic hydroxyl groups excluding tert-OH is 6. The second kappa shape index (κ2) is 33.0. The minimum atomic E-state index is -1.42. The van der Waals surface area contributed by atoms with Gasteiger partial charge in [0.1, 0.15) is 54.7 Å². The Morgan fingerprint density at radius 1 is 0.538 bits per heavy atom. The maximum Gasteiger partial charge on any atom is 0.242 e. The van der Waals surface area contributed by atoms with Gasteiger partial charge in [-0.2, -0.15) is 0 Å². The first-order valence-corrected chi connectivity index (χ1v) is 23.3. The summed E-state index contributed by atoms with van der Waals surface area (Å²) in [4.78, 5) is 73.9. The molecule has 2 fully saturated rings. The second-order valence-corrected chi connectivity index (χ2v) is 16.6. The average molecular weight is 935 g/mol. The molecule has 2 saturated heterocycles. The molecule has 65 heavy (non-hydrogen) atoms. The summed E-state index contributed by atoms with van der Waals surface area (Å²) in [5, 5.41) is 76.7. The lowest BCUT2D eigenvalue weighted by Gasteiger charge is -2.42. The molecule has 2 aliphatic rings. The van der Waals surface area contributed by atoms with Crippen molar-refractivity contribution in [1.82, 2.24) is 31.9 Å². The summed E-state index contributed by atoms with van der Waals surface area (Å²) in [5.74, 6) is -1.68. The van der Waals surface area contributed by atoms with Crippen LogP contribution in [0.4, 0.5) is 0 Å². The summed E-state index contributed by atoms with van der Waals surface area (Å²) >= 11 is 0. The zero-order chi connectivity index (χ0) is 48.1. The van der Waals surface area contributed by atoms with Crippen molar-refractivity contribution < 1.29 is 78.4 Å². The van der Waals surface area contributed by atoms with Crippen molar-refractivity contribution >= 4 is 35.4 Å². The van der Waals surface area contributed by atoms with Gasteiger partial charge in [0, 0.05) is 66.0 Å². The van der Waals surface area contributed by atoms with Crippen molar-refractivity contribution in [2.24, 2.45) is 0 Å². The molecule has 0 saturated carbocycles. The topological polar surface area (TPSA) is 333 Å². The third kappa shape index (κ3) is 22.6. The first kappa shape index (κ1) is 57.5. The highest BCUT2D eigenvalue weighted by Gasteiger charge is 2.46. The second-order valence-electron chi connectivity index (χ2n) is 16.6. The minimum absolute atomic E-state index is 0.00338. The fourth-order valence-corrected chi connectivity index (χ4v) is 7.35. The minimum Gasteiger partial charge on any atom is -0.394 e. The Kier molecular flexibility index (Phi) is 29.2. The Morgan fingerprint density at radius 3 is 1.43 bits per heavy atom. The van der Waals surface area contributed by atoms with Crippen LogP contribution in [0.25, 0.3) is 0 Å². The molecule has 0 radical (unpaired) electrons. The number of rotatable bonds is 33. The molecule has 10 unspecified atom stereocenters. The van der Waals surface area contributed by atoms with Crippen molar-refractivity contribution in [1.29, 1.82) is 0 Å². The molecule has 0 aromatic rings. The van der Waals surface area contributed by atoms with E-state index in [1.54, 1.807) is 0 Å². The summed E-state index contributed by atoms with van der Waals surface area (Å²) in [7, 11) is 0. The molecule has 0 spiro atoms. The van der Waals surface area contributed by atoms with E-state index in [0.717, 1.165) is 12.8 Å². The summed E-state index contributed by atoms with van der Waals surface area (Å²) in [5.41, 5.74) is 0. The molecule has 12 N–H and O–H groups in total. The molecule has 0 aromatic carbocycles. The van der Waals surface area contributed by atoms with Gasteiger partial charge in [-0.15, -0.1) is 0 Å². The lowest BCUT2D eigenvalue weighted by Crippen LogP contribution is -2.64. The smallest absolute Gasteiger partial charge is 0.242 e. The Hall–Kier alpha value is -3.58. The van der Waals surface area contributed by atoms with Crippen LogP contribution < -0.4 is 31.9 Å². The molecule has 22 heteroatoms. The summed E-state index contributed by atoms with van der Waals surface area (Å²) in [6.45, 7) is 5.11. The van der Waals surface area contributed by atoms with Crippen LogP contribution in [0.15, 0.2) is 0 Å². The zero-order valence-electron chi connectivity index (χ0n) is 38.4. The van der Waals surface area contributed by atoms with Crippen molar-refractivity contribution in [2.45, 2.75) is 191 Å². The van der Waals surface area contributed by atoms with E-state index in [1.807, 2.05) is 6.92 Å². The van der Waals surface area contributed by atoms with E-state index in [-0.39, 0.29) is 49.7 Å². The van der Waals surface area contributed by atoms with Crippen molar-refractivity contribution in [3.63, 3.8) is 0 Å². The maximum atomic E-state index is 13.2. The fourth-order valence-electron chi connectivity index (χ4n) is 7.35. The molecule has 0 aliphatic carbocycles. The zero-order valence-corrected chi connectivity index (χ0v) is 38.4. The van der Waals surface area contributed by atoms with Crippen LogP contribution in [0.2, 0.25) is 0 Å². The Balaban J connectivity index is 1.75. The van der Waals surface area contributed by atoms with Gasteiger partial charge in [-0.1, -0.05) is 26.2 Å². The molecule has 11 atom stereocenters. The van der Waals surface area contributed by atoms with Crippen LogP contribution in [0, 0.1) is 0 Å². The Bertz CT molecular complexity index is 1420. The van der Waals surface area contributed by atoms with Crippen LogP contribution in [-0.4, -0.2) is 179 Å². The monoisotopic (exact) mass is 935 g/mol. The van der Waals surface area contributed by atoms with Crippen molar-refractivity contribution in [3.8, 4) is 0 Å². The normalized spacial score (nSPS) is 25.8. The first-order valence-electron chi connectivity index (χ1n) is 23.3. The molecule has 0 bridgehead atoms. The molecule has 22 nitrogen and oxygen atoms in total. The molecule has 0 aromatic heterocycles. The van der Waals surface area contributed by atoms with E-state index in [9.17, 15) is 59.4 Å². The number of hydrogen-bond acceptors (Lipinski definition) is 16. The van der Waals surface area contributed by atoms with E-state index in [4.69, 9.17) is 18.9 Å². The summed E-state index contributed by atoms with van der Waals surface area (Å²) in [6.07, 6.45) is -1.49. The highest BCUT2D eigenvalue weighted by atomic mass is 16.7. The van der Waals surface area contributed by atoms with Gasteiger partial charge < -0.3 is 81.5 Å². The highest BCUT2D eigenvalue weighted by molar-refractivity contribution is 5.87. The lowest BCUT2D eigenvalue weighted by molar-refractivity contribution is -0.270. The number of carbonyl (C=O) groups excluding carboxylic acids is 6. The van der Waals surface area contributed by atoms with Crippen LogP contribution in [0.5, 0.6) is 0 Å². The molecule has 2 heterocycles. The molecule has 6 amide bonds. The molecule has 2 aliphatic heterocycles. The van der Waals surface area contributed by atoms with Crippen molar-refractivity contribution in [2.75, 3.05) is 46.1 Å². The third-order valence-electron chi connectivity index (χ3n) is 11.0. The van der Waals surface area contributed by atoms with E-state index >= 15 is 0 Å². The predicted molar refractivity (Wildman–Crippen MR) is 233 cm³/mol. The van der Waals surface area contributed by atoms with Gasteiger partial charge >= 0.3 is 0 Å². The number of amides is 6. The highest BCUT2D eigenvalue weighted by Crippen LogP contribution is 2.24.